The van der Waals surface area contributed by atoms with E-state index in [1.807, 2.05) is 47.3 Å². The minimum absolute atomic E-state index is 0.0182. The number of nitrogens with zero attached hydrogens (tertiary/aromatic N) is 5. The smallest absolute Gasteiger partial charge is 0.419 e. The van der Waals surface area contributed by atoms with Crippen molar-refractivity contribution < 1.29 is 32.2 Å². The van der Waals surface area contributed by atoms with Crippen molar-refractivity contribution >= 4 is 22.6 Å². The minimum atomic E-state index is -4.57. The van der Waals surface area contributed by atoms with Crippen molar-refractivity contribution in [3.8, 4) is 28.6 Å². The molecule has 0 radical (unpaired) electrons. The third kappa shape index (κ3) is 7.29. The molecule has 1 aliphatic rings. The number of amides is 2. The highest BCUT2D eigenvalue weighted by Gasteiger charge is 2.34. The van der Waals surface area contributed by atoms with E-state index in [2.05, 4.69) is 20.6 Å². The SMILES string of the molecule is COc1ccc(-c2cn(C3CCN(C(=O)c4cccc(C(=O)NCc5ccc(Oc6ccccc6C(F)(F)F)nc5)c4)CC3)nn2)c2ccccc12. The number of ether oxygens (including phenoxy) is 2. The van der Waals surface area contributed by atoms with E-state index < -0.39 is 11.7 Å². The van der Waals surface area contributed by atoms with E-state index in [0.29, 0.717) is 42.6 Å². The summed E-state index contributed by atoms with van der Waals surface area (Å²) >= 11 is 0. The Morgan fingerprint density at radius 2 is 1.62 bits per heavy atom. The molecule has 10 nitrogen and oxygen atoms in total. The highest BCUT2D eigenvalue weighted by molar-refractivity contribution is 6.00. The molecule has 52 heavy (non-hydrogen) atoms. The lowest BCUT2D eigenvalue weighted by Crippen LogP contribution is -2.39. The molecular formula is C39H33F3N6O4. The minimum Gasteiger partial charge on any atom is -0.496 e. The lowest BCUT2D eigenvalue weighted by Gasteiger charge is -2.32. The van der Waals surface area contributed by atoms with Crippen LogP contribution in [0.2, 0.25) is 0 Å². The van der Waals surface area contributed by atoms with E-state index >= 15 is 0 Å². The van der Waals surface area contributed by atoms with E-state index in [0.717, 1.165) is 33.8 Å². The van der Waals surface area contributed by atoms with E-state index in [4.69, 9.17) is 9.47 Å². The number of hydrogen-bond acceptors (Lipinski definition) is 7. The third-order valence-electron chi connectivity index (χ3n) is 9.05. The molecule has 1 fully saturated rings. The number of carbonyl (C=O) groups is 2. The van der Waals surface area contributed by atoms with Crippen molar-refractivity contribution in [2.45, 2.75) is 31.6 Å². The molecule has 2 aromatic heterocycles. The maximum absolute atomic E-state index is 13.5. The van der Waals surface area contributed by atoms with Crippen LogP contribution in [0.4, 0.5) is 13.2 Å². The van der Waals surface area contributed by atoms with Crippen LogP contribution in [-0.4, -0.2) is 56.9 Å². The van der Waals surface area contributed by atoms with Crippen LogP contribution in [0.5, 0.6) is 17.4 Å². The van der Waals surface area contributed by atoms with E-state index in [-0.39, 0.29) is 36.0 Å². The summed E-state index contributed by atoms with van der Waals surface area (Å²) in [5.74, 6) is -0.133. The normalized spacial score (nSPS) is 13.6. The Morgan fingerprint density at radius 1 is 0.865 bits per heavy atom. The number of benzene rings is 4. The number of hydrogen-bond donors (Lipinski definition) is 1. The zero-order valence-corrected chi connectivity index (χ0v) is 28.0. The van der Waals surface area contributed by atoms with Crippen LogP contribution in [-0.2, 0) is 12.7 Å². The van der Waals surface area contributed by atoms with E-state index in [9.17, 15) is 22.8 Å². The van der Waals surface area contributed by atoms with Gasteiger partial charge in [0.15, 0.2) is 0 Å². The Hall–Kier alpha value is -6.24. The zero-order chi connectivity index (χ0) is 36.2. The average molecular weight is 707 g/mol. The molecule has 1 aliphatic heterocycles. The lowest BCUT2D eigenvalue weighted by atomic mass is 10.0. The first-order valence-corrected chi connectivity index (χ1v) is 16.6. The Kier molecular flexibility index (Phi) is 9.57. The van der Waals surface area contributed by atoms with Crippen molar-refractivity contribution in [1.29, 1.82) is 0 Å². The molecule has 0 aliphatic carbocycles. The number of methoxy groups -OCH3 is 1. The molecular weight excluding hydrogens is 673 g/mol. The first kappa shape index (κ1) is 34.2. The number of rotatable bonds is 9. The second kappa shape index (κ2) is 14.5. The standard InChI is InChI=1S/C39H33F3N6O4/c1-51-34-15-14-30(29-9-2-3-10-31(29)34)33-24-48(46-45-33)28-17-19-47(20-18-28)38(50)27-8-6-7-26(21-27)37(49)44-23-25-13-16-36(43-22-25)52-35-12-5-4-11-32(35)39(40,41)42/h2-16,21-22,24,28H,17-20,23H2,1H3,(H,44,49). The molecule has 264 valence electrons. The summed E-state index contributed by atoms with van der Waals surface area (Å²) in [7, 11) is 1.65. The summed E-state index contributed by atoms with van der Waals surface area (Å²) < 4.78 is 52.7. The molecule has 0 saturated carbocycles. The number of halogens is 3. The van der Waals surface area contributed by atoms with Crippen molar-refractivity contribution in [3.63, 3.8) is 0 Å². The van der Waals surface area contributed by atoms with Gasteiger partial charge in [0.1, 0.15) is 17.2 Å². The average Bonchev–Trinajstić information content (AvgIpc) is 3.67. The fourth-order valence-electron chi connectivity index (χ4n) is 6.32. The second-order valence-electron chi connectivity index (χ2n) is 12.3. The van der Waals surface area contributed by atoms with Crippen LogP contribution in [0, 0.1) is 0 Å². The molecule has 1 N–H and O–H groups in total. The highest BCUT2D eigenvalue weighted by Crippen LogP contribution is 2.38. The molecule has 0 unspecified atom stereocenters. The number of pyridine rings is 1. The first-order valence-electron chi connectivity index (χ1n) is 16.6. The van der Waals surface area contributed by atoms with Gasteiger partial charge in [0.25, 0.3) is 11.8 Å². The van der Waals surface area contributed by atoms with Gasteiger partial charge in [-0.2, -0.15) is 13.2 Å². The largest absolute Gasteiger partial charge is 0.496 e. The summed E-state index contributed by atoms with van der Waals surface area (Å²) in [6.07, 6.45) is 0.194. The molecule has 6 aromatic rings. The fourth-order valence-corrected chi connectivity index (χ4v) is 6.32. The quantitative estimate of drug-likeness (QED) is 0.164. The lowest BCUT2D eigenvalue weighted by molar-refractivity contribution is -0.138. The highest BCUT2D eigenvalue weighted by atomic mass is 19.4. The van der Waals surface area contributed by atoms with Gasteiger partial charge in [-0.25, -0.2) is 9.67 Å². The second-order valence-corrected chi connectivity index (χ2v) is 12.3. The Balaban J connectivity index is 0.933. The first-order chi connectivity index (χ1) is 25.2. The predicted molar refractivity (Wildman–Crippen MR) is 187 cm³/mol. The number of aromatic nitrogens is 4. The van der Waals surface area contributed by atoms with Crippen LogP contribution in [0.1, 0.15) is 50.7 Å². The van der Waals surface area contributed by atoms with E-state index in [1.165, 1.54) is 30.5 Å². The Bertz CT molecular complexity index is 2230. The van der Waals surface area contributed by atoms with Crippen LogP contribution >= 0.6 is 0 Å². The molecule has 2 amide bonds. The topological polar surface area (TPSA) is 111 Å². The zero-order valence-electron chi connectivity index (χ0n) is 28.0. The molecule has 0 bridgehead atoms. The number of para-hydroxylation sites is 1. The van der Waals surface area contributed by atoms with Crippen molar-refractivity contribution in [3.05, 3.63) is 132 Å². The summed E-state index contributed by atoms with van der Waals surface area (Å²) in [6, 6.07) is 26.5. The van der Waals surface area contributed by atoms with Crippen molar-refractivity contribution in [1.82, 2.24) is 30.2 Å². The van der Waals surface area contributed by atoms with Crippen LogP contribution in [0.3, 0.4) is 0 Å². The van der Waals surface area contributed by atoms with Crippen molar-refractivity contribution in [2.24, 2.45) is 0 Å². The van der Waals surface area contributed by atoms with Gasteiger partial charge >= 0.3 is 6.18 Å². The van der Waals surface area contributed by atoms with Crippen LogP contribution in [0.15, 0.2) is 109 Å². The summed E-state index contributed by atoms with van der Waals surface area (Å²) in [4.78, 5) is 32.3. The maximum atomic E-state index is 13.5. The van der Waals surface area contributed by atoms with Crippen LogP contribution < -0.4 is 14.8 Å². The molecule has 0 spiro atoms. The van der Waals surface area contributed by atoms with Gasteiger partial charge < -0.3 is 19.7 Å². The van der Waals surface area contributed by atoms with E-state index in [1.54, 1.807) is 42.3 Å². The molecule has 1 saturated heterocycles. The molecule has 3 heterocycles. The number of carbonyl (C=O) groups excluding carboxylic acids is 2. The monoisotopic (exact) mass is 706 g/mol. The number of alkyl halides is 3. The molecule has 7 rings (SSSR count). The van der Waals surface area contributed by atoms with Gasteiger partial charge in [-0.3, -0.25) is 9.59 Å². The summed E-state index contributed by atoms with van der Waals surface area (Å²) in [6.45, 7) is 1.15. The van der Waals surface area contributed by atoms with Gasteiger partial charge in [0, 0.05) is 54.0 Å². The third-order valence-corrected chi connectivity index (χ3v) is 9.05. The van der Waals surface area contributed by atoms with Gasteiger partial charge in [0.05, 0.1) is 24.9 Å². The molecule has 4 aromatic carbocycles. The number of likely N-dealkylation sites (tertiary alicyclic amines) is 1. The molecule has 0 atom stereocenters. The number of nitrogens with one attached hydrogen (secondary N) is 1. The van der Waals surface area contributed by atoms with Gasteiger partial charge in [-0.1, -0.05) is 53.7 Å². The van der Waals surface area contributed by atoms with Gasteiger partial charge in [0.2, 0.25) is 5.88 Å². The number of piperidine rings is 1. The Morgan fingerprint density at radius 3 is 2.37 bits per heavy atom. The van der Waals surface area contributed by atoms with Crippen molar-refractivity contribution in [2.75, 3.05) is 20.2 Å². The van der Waals surface area contributed by atoms with Gasteiger partial charge in [-0.05, 0) is 66.3 Å². The maximum Gasteiger partial charge on any atom is 0.419 e. The van der Waals surface area contributed by atoms with Gasteiger partial charge in [-0.15, -0.1) is 5.10 Å². The fraction of sp³-hybridized carbons (Fsp3) is 0.205. The molecule has 13 heteroatoms. The summed E-state index contributed by atoms with van der Waals surface area (Å²) in [5.41, 5.74) is 2.16. The number of fused-ring (bicyclic) bond motifs is 1. The predicted octanol–water partition coefficient (Wildman–Crippen LogP) is 7.72. The summed E-state index contributed by atoms with van der Waals surface area (Å²) in [5, 5.41) is 13.7. The Labute approximate surface area is 296 Å². The van der Waals surface area contributed by atoms with Crippen LogP contribution in [0.25, 0.3) is 22.0 Å².